The lowest BCUT2D eigenvalue weighted by Crippen LogP contribution is -2.30. The normalized spacial score (nSPS) is 14.6. The third-order valence-corrected chi connectivity index (χ3v) is 20.9. The molecule has 7 atom stereocenters. The van der Waals surface area contributed by atoms with Crippen molar-refractivity contribution >= 4 is 39.5 Å². The zero-order chi connectivity index (χ0) is 72.4. The van der Waals surface area contributed by atoms with E-state index in [1.807, 2.05) is 0 Å². The van der Waals surface area contributed by atoms with E-state index in [1.54, 1.807) is 0 Å². The van der Waals surface area contributed by atoms with Gasteiger partial charge in [0.2, 0.25) is 0 Å². The molecule has 0 aromatic carbocycles. The molecular weight excluding hydrogens is 1280 g/mol. The largest absolute Gasteiger partial charge is 0.472 e. The summed E-state index contributed by atoms with van der Waals surface area (Å²) in [7, 11) is -9.92. The lowest BCUT2D eigenvalue weighted by Gasteiger charge is -2.21. The van der Waals surface area contributed by atoms with Gasteiger partial charge in [-0.05, 0) is 49.4 Å². The Morgan fingerprint density at radius 3 is 0.724 bits per heavy atom. The van der Waals surface area contributed by atoms with E-state index in [9.17, 15) is 43.2 Å². The van der Waals surface area contributed by atoms with Crippen LogP contribution in [0.15, 0.2) is 0 Å². The van der Waals surface area contributed by atoms with Crippen molar-refractivity contribution in [3.63, 3.8) is 0 Å². The van der Waals surface area contributed by atoms with Crippen molar-refractivity contribution in [1.82, 2.24) is 0 Å². The molecule has 19 heteroatoms. The Morgan fingerprint density at radius 2 is 0.490 bits per heavy atom. The van der Waals surface area contributed by atoms with Crippen molar-refractivity contribution in [2.75, 3.05) is 39.6 Å². The van der Waals surface area contributed by atoms with Gasteiger partial charge < -0.3 is 33.8 Å². The number of carbonyl (C=O) groups excluding carboxylic acids is 4. The molecule has 98 heavy (non-hydrogen) atoms. The smallest absolute Gasteiger partial charge is 0.462 e. The van der Waals surface area contributed by atoms with Crippen LogP contribution >= 0.6 is 15.6 Å². The first kappa shape index (κ1) is 96.1. The summed E-state index contributed by atoms with van der Waals surface area (Å²) in [5.74, 6) is 1.02. The van der Waals surface area contributed by atoms with Gasteiger partial charge in [-0.1, -0.05) is 351 Å². The van der Waals surface area contributed by atoms with Crippen LogP contribution < -0.4 is 0 Å². The number of unbranched alkanes of at least 4 members (excludes halogenated alkanes) is 40. The molecule has 4 unspecified atom stereocenters. The predicted molar refractivity (Wildman–Crippen MR) is 400 cm³/mol. The minimum Gasteiger partial charge on any atom is -0.462 e. The monoisotopic (exact) mass is 1440 g/mol. The zero-order valence-corrected chi connectivity index (χ0v) is 66.2. The first-order valence-electron chi connectivity index (χ1n) is 40.8. The fraction of sp³-hybridized carbons (Fsp3) is 0.949. The lowest BCUT2D eigenvalue weighted by atomic mass is 9.99. The van der Waals surface area contributed by atoms with Gasteiger partial charge >= 0.3 is 39.5 Å². The Bertz CT molecular complexity index is 1920. The summed E-state index contributed by atoms with van der Waals surface area (Å²) in [6, 6.07) is 0. The van der Waals surface area contributed by atoms with Crippen molar-refractivity contribution in [2.24, 2.45) is 23.7 Å². The molecule has 17 nitrogen and oxygen atoms in total. The lowest BCUT2D eigenvalue weighted by molar-refractivity contribution is -0.161. The summed E-state index contributed by atoms with van der Waals surface area (Å²) in [4.78, 5) is 73.0. The van der Waals surface area contributed by atoms with E-state index >= 15 is 0 Å². The van der Waals surface area contributed by atoms with E-state index < -0.39 is 97.5 Å². The van der Waals surface area contributed by atoms with Gasteiger partial charge in [-0.15, -0.1) is 0 Å². The summed E-state index contributed by atoms with van der Waals surface area (Å²) in [5.41, 5.74) is 0. The fourth-order valence-corrected chi connectivity index (χ4v) is 13.6. The Kier molecular flexibility index (Phi) is 66.8. The second-order valence-electron chi connectivity index (χ2n) is 29.9. The van der Waals surface area contributed by atoms with Crippen molar-refractivity contribution in [1.29, 1.82) is 0 Å². The van der Waals surface area contributed by atoms with E-state index in [0.717, 1.165) is 120 Å². The number of aliphatic hydroxyl groups excluding tert-OH is 1. The third kappa shape index (κ3) is 69.8. The van der Waals surface area contributed by atoms with Crippen molar-refractivity contribution in [2.45, 2.75) is 420 Å². The van der Waals surface area contributed by atoms with Gasteiger partial charge in [0.05, 0.1) is 26.4 Å². The number of ether oxygens (including phenoxy) is 4. The minimum absolute atomic E-state index is 0.105. The first-order valence-corrected chi connectivity index (χ1v) is 43.8. The number of esters is 4. The Balaban J connectivity index is 5.25. The van der Waals surface area contributed by atoms with Crippen LogP contribution in [0, 0.1) is 23.7 Å². The zero-order valence-electron chi connectivity index (χ0n) is 64.4. The topological polar surface area (TPSA) is 237 Å². The van der Waals surface area contributed by atoms with Crippen LogP contribution in [0.4, 0.5) is 0 Å². The average Bonchev–Trinajstić information content (AvgIpc) is 0.941. The molecule has 0 aliphatic rings. The molecule has 0 amide bonds. The highest BCUT2D eigenvalue weighted by Crippen LogP contribution is 2.45. The van der Waals surface area contributed by atoms with Gasteiger partial charge in [0, 0.05) is 25.7 Å². The maximum absolute atomic E-state index is 13.1. The fourth-order valence-electron chi connectivity index (χ4n) is 12.0. The Hall–Kier alpha value is -1.94. The van der Waals surface area contributed by atoms with Crippen LogP contribution in [0.25, 0.3) is 0 Å². The molecule has 0 aliphatic carbocycles. The number of carbonyl (C=O) groups is 4. The highest BCUT2D eigenvalue weighted by atomic mass is 31.2. The molecule has 0 aromatic rings. The number of hydrogen-bond acceptors (Lipinski definition) is 15. The van der Waals surface area contributed by atoms with Crippen LogP contribution in [0.3, 0.4) is 0 Å². The molecule has 582 valence electrons. The molecule has 0 fully saturated rings. The van der Waals surface area contributed by atoms with Crippen LogP contribution in [-0.4, -0.2) is 96.7 Å². The standard InChI is InChI=1S/C79H154O17P2/c1-9-71(7)57-49-41-33-27-21-15-11-12-16-22-28-34-43-51-59-76(81)89-65-74(95-78(83)61-53-45-35-29-23-17-13-14-19-25-31-39-47-55-69(3)4)67-93-97(85,86)91-63-73(80)64-92-98(87,88)94-68-75(66-90-77(82)60-52-44-38-37-42-50-58-72(8)10-2)96-79(84)62-54-46-36-30-24-18-20-26-32-40-48-56-70(5)6/h69-75,80H,9-68H2,1-8H3,(H,85,86)(H,87,88)/t71?,72?,73-,74-,75-/m1/s1. The highest BCUT2D eigenvalue weighted by Gasteiger charge is 2.30. The van der Waals surface area contributed by atoms with E-state index in [2.05, 4.69) is 55.4 Å². The van der Waals surface area contributed by atoms with Crippen LogP contribution in [0.2, 0.25) is 0 Å². The number of aliphatic hydroxyl groups is 1. The highest BCUT2D eigenvalue weighted by molar-refractivity contribution is 7.47. The Morgan fingerprint density at radius 1 is 0.286 bits per heavy atom. The van der Waals surface area contributed by atoms with Gasteiger partial charge in [0.15, 0.2) is 12.2 Å². The number of phosphoric ester groups is 2. The molecule has 0 spiro atoms. The second kappa shape index (κ2) is 68.2. The minimum atomic E-state index is -4.96. The summed E-state index contributed by atoms with van der Waals surface area (Å²) in [5, 5.41) is 10.6. The van der Waals surface area contributed by atoms with Crippen molar-refractivity contribution < 1.29 is 80.2 Å². The predicted octanol–water partition coefficient (Wildman–Crippen LogP) is 23.2. The van der Waals surface area contributed by atoms with E-state index in [1.165, 1.54) is 199 Å². The Labute approximate surface area is 600 Å². The van der Waals surface area contributed by atoms with Crippen LogP contribution in [0.1, 0.15) is 402 Å². The molecule has 0 saturated carbocycles. The van der Waals surface area contributed by atoms with Gasteiger partial charge in [-0.3, -0.25) is 37.3 Å². The second-order valence-corrected chi connectivity index (χ2v) is 32.8. The van der Waals surface area contributed by atoms with E-state index in [0.29, 0.717) is 25.7 Å². The maximum Gasteiger partial charge on any atom is 0.472 e. The van der Waals surface area contributed by atoms with Gasteiger partial charge in [0.25, 0.3) is 0 Å². The maximum atomic E-state index is 13.1. The number of phosphoric acid groups is 2. The van der Waals surface area contributed by atoms with Crippen molar-refractivity contribution in [3.05, 3.63) is 0 Å². The molecule has 3 N–H and O–H groups in total. The molecule has 0 bridgehead atoms. The van der Waals surface area contributed by atoms with Gasteiger partial charge in [-0.2, -0.15) is 0 Å². The van der Waals surface area contributed by atoms with E-state index in [-0.39, 0.29) is 25.7 Å². The van der Waals surface area contributed by atoms with Gasteiger partial charge in [0.1, 0.15) is 19.3 Å². The molecule has 0 heterocycles. The average molecular weight is 1440 g/mol. The molecular formula is C79H154O17P2. The number of rotatable bonds is 76. The van der Waals surface area contributed by atoms with Crippen molar-refractivity contribution in [3.8, 4) is 0 Å². The molecule has 0 aliphatic heterocycles. The molecule has 0 radical (unpaired) electrons. The summed E-state index contributed by atoms with van der Waals surface area (Å²) >= 11 is 0. The first-order chi connectivity index (χ1) is 47.2. The van der Waals surface area contributed by atoms with Crippen LogP contribution in [-0.2, 0) is 65.4 Å². The summed E-state index contributed by atoms with van der Waals surface area (Å²) in [6.45, 7) is 14.3. The number of hydrogen-bond donors (Lipinski definition) is 3. The van der Waals surface area contributed by atoms with Crippen LogP contribution in [0.5, 0.6) is 0 Å². The molecule has 0 saturated heterocycles. The molecule has 0 rings (SSSR count). The quantitative estimate of drug-likeness (QED) is 0.0222. The van der Waals surface area contributed by atoms with E-state index in [4.69, 9.17) is 37.0 Å². The SMILES string of the molecule is CCC(C)CCCCCCCCCCCCCCCCC(=O)OC[C@H](COP(=O)(O)OC[C@@H](O)COP(=O)(O)OC[C@@H](COC(=O)CCCCCCCCC(C)CC)OC(=O)CCCCCCCCCCCCCC(C)C)OC(=O)CCCCCCCCCCCCCCCC(C)C. The third-order valence-electron chi connectivity index (χ3n) is 19.0. The summed E-state index contributed by atoms with van der Waals surface area (Å²) < 4.78 is 68.6. The summed E-state index contributed by atoms with van der Waals surface area (Å²) in [6.07, 6.45) is 54.0. The molecule has 0 aromatic heterocycles. The van der Waals surface area contributed by atoms with Gasteiger partial charge in [-0.25, -0.2) is 9.13 Å².